The summed E-state index contributed by atoms with van der Waals surface area (Å²) in [4.78, 5) is 12.4. The summed E-state index contributed by atoms with van der Waals surface area (Å²) in [7, 11) is -3.68. The van der Waals surface area contributed by atoms with E-state index < -0.39 is 27.3 Å². The van der Waals surface area contributed by atoms with Crippen LogP contribution in [0.2, 0.25) is 0 Å². The summed E-state index contributed by atoms with van der Waals surface area (Å²) in [6.45, 7) is 7.30. The minimum Gasteiger partial charge on any atom is -0.491 e. The van der Waals surface area contributed by atoms with Gasteiger partial charge in [-0.25, -0.2) is 17.5 Å². The molecular formula is C19H23FN2O4S. The zero-order chi connectivity index (χ0) is 20.2. The molecule has 1 amide bonds. The summed E-state index contributed by atoms with van der Waals surface area (Å²) in [6.07, 6.45) is 0. The van der Waals surface area contributed by atoms with Crippen LogP contribution in [0.1, 0.15) is 38.1 Å². The Labute approximate surface area is 158 Å². The van der Waals surface area contributed by atoms with E-state index in [0.29, 0.717) is 6.61 Å². The summed E-state index contributed by atoms with van der Waals surface area (Å²) in [5.74, 6) is -0.952. The third-order valence-electron chi connectivity index (χ3n) is 3.36. The summed E-state index contributed by atoms with van der Waals surface area (Å²) in [5, 5.41) is 2.57. The van der Waals surface area contributed by atoms with E-state index in [1.807, 2.05) is 0 Å². The monoisotopic (exact) mass is 394 g/mol. The largest absolute Gasteiger partial charge is 0.491 e. The van der Waals surface area contributed by atoms with Crippen molar-refractivity contribution in [1.82, 2.24) is 4.72 Å². The number of hydrogen-bond donors (Lipinski definition) is 2. The van der Waals surface area contributed by atoms with Crippen LogP contribution < -0.4 is 14.8 Å². The Bertz CT molecular complexity index is 920. The highest BCUT2D eigenvalue weighted by molar-refractivity contribution is 7.89. The van der Waals surface area contributed by atoms with Crippen LogP contribution in [0, 0.1) is 5.82 Å². The Morgan fingerprint density at radius 1 is 1.11 bits per heavy atom. The average molecular weight is 394 g/mol. The number of nitrogens with one attached hydrogen (secondary N) is 2. The molecule has 0 atom stereocenters. The van der Waals surface area contributed by atoms with Gasteiger partial charge in [-0.3, -0.25) is 4.79 Å². The van der Waals surface area contributed by atoms with E-state index in [1.54, 1.807) is 27.7 Å². The van der Waals surface area contributed by atoms with Crippen LogP contribution >= 0.6 is 0 Å². The Morgan fingerprint density at radius 3 is 2.26 bits per heavy atom. The molecule has 2 aromatic carbocycles. The summed E-state index contributed by atoms with van der Waals surface area (Å²) in [6, 6.07) is 9.62. The van der Waals surface area contributed by atoms with Gasteiger partial charge in [0.05, 0.1) is 11.5 Å². The van der Waals surface area contributed by atoms with Gasteiger partial charge >= 0.3 is 0 Å². The molecule has 146 valence electrons. The number of ether oxygens (including phenoxy) is 1. The Balaban J connectivity index is 2.13. The van der Waals surface area contributed by atoms with Crippen molar-refractivity contribution in [3.8, 4) is 5.75 Å². The van der Waals surface area contributed by atoms with E-state index in [-0.39, 0.29) is 21.9 Å². The van der Waals surface area contributed by atoms with Gasteiger partial charge < -0.3 is 10.1 Å². The van der Waals surface area contributed by atoms with E-state index in [1.165, 1.54) is 36.4 Å². The van der Waals surface area contributed by atoms with Crippen molar-refractivity contribution in [1.29, 1.82) is 0 Å². The molecular weight excluding hydrogens is 371 g/mol. The second-order valence-corrected chi connectivity index (χ2v) is 8.59. The molecule has 2 N–H and O–H groups in total. The first kappa shape index (κ1) is 20.9. The highest BCUT2D eigenvalue weighted by Crippen LogP contribution is 2.22. The van der Waals surface area contributed by atoms with E-state index in [0.717, 1.165) is 6.07 Å². The van der Waals surface area contributed by atoms with Crippen LogP contribution in [0.15, 0.2) is 47.4 Å². The predicted octanol–water partition coefficient (Wildman–Crippen LogP) is 3.55. The highest BCUT2D eigenvalue weighted by atomic mass is 32.2. The van der Waals surface area contributed by atoms with Gasteiger partial charge in [0.25, 0.3) is 5.91 Å². The van der Waals surface area contributed by atoms with Crippen molar-refractivity contribution in [3.63, 3.8) is 0 Å². The Hall–Kier alpha value is -2.45. The van der Waals surface area contributed by atoms with Gasteiger partial charge in [-0.1, -0.05) is 0 Å². The second-order valence-electron chi connectivity index (χ2n) is 6.91. The van der Waals surface area contributed by atoms with Crippen LogP contribution in [0.5, 0.6) is 5.75 Å². The molecule has 0 bridgehead atoms. The number of carbonyl (C=O) groups excluding carboxylic acids is 1. The lowest BCUT2D eigenvalue weighted by atomic mass is 10.1. The zero-order valence-electron chi connectivity index (χ0n) is 15.7. The number of anilines is 1. The van der Waals surface area contributed by atoms with Gasteiger partial charge in [0.1, 0.15) is 0 Å². The molecule has 0 aliphatic carbocycles. The first-order valence-electron chi connectivity index (χ1n) is 8.39. The molecule has 0 radical (unpaired) electrons. The van der Waals surface area contributed by atoms with Gasteiger partial charge in [-0.05, 0) is 64.1 Å². The van der Waals surface area contributed by atoms with Gasteiger partial charge in [0, 0.05) is 22.9 Å². The van der Waals surface area contributed by atoms with E-state index in [4.69, 9.17) is 4.74 Å². The Morgan fingerprint density at radius 2 is 1.74 bits per heavy atom. The smallest absolute Gasteiger partial charge is 0.255 e. The van der Waals surface area contributed by atoms with Crippen LogP contribution in [-0.2, 0) is 10.0 Å². The molecule has 0 aromatic heterocycles. The minimum absolute atomic E-state index is 0.0566. The van der Waals surface area contributed by atoms with Crippen molar-refractivity contribution in [2.24, 2.45) is 0 Å². The number of amides is 1. The molecule has 0 spiro atoms. The molecule has 0 aliphatic heterocycles. The van der Waals surface area contributed by atoms with Gasteiger partial charge in [-0.2, -0.15) is 0 Å². The van der Waals surface area contributed by atoms with Gasteiger partial charge in [-0.15, -0.1) is 0 Å². The lowest BCUT2D eigenvalue weighted by Gasteiger charge is -2.20. The third kappa shape index (κ3) is 5.77. The maximum absolute atomic E-state index is 13.9. The fraction of sp³-hybridized carbons (Fsp3) is 0.316. The number of rotatable bonds is 6. The maximum Gasteiger partial charge on any atom is 0.255 e. The number of carbonyl (C=O) groups is 1. The fourth-order valence-electron chi connectivity index (χ4n) is 2.30. The quantitative estimate of drug-likeness (QED) is 0.785. The van der Waals surface area contributed by atoms with Crippen molar-refractivity contribution in [3.05, 3.63) is 53.8 Å². The molecule has 0 unspecified atom stereocenters. The molecule has 6 nitrogen and oxygen atoms in total. The van der Waals surface area contributed by atoms with Gasteiger partial charge in [0.15, 0.2) is 11.6 Å². The predicted molar refractivity (Wildman–Crippen MR) is 102 cm³/mol. The first-order valence-corrected chi connectivity index (χ1v) is 9.88. The van der Waals surface area contributed by atoms with Crippen molar-refractivity contribution in [2.75, 3.05) is 11.9 Å². The van der Waals surface area contributed by atoms with Crippen molar-refractivity contribution < 1.29 is 22.3 Å². The fourth-order valence-corrected chi connectivity index (χ4v) is 3.72. The molecule has 8 heteroatoms. The first-order chi connectivity index (χ1) is 12.5. The van der Waals surface area contributed by atoms with Crippen LogP contribution in [-0.4, -0.2) is 26.5 Å². The normalized spacial score (nSPS) is 11.9. The molecule has 2 rings (SSSR count). The topological polar surface area (TPSA) is 84.5 Å². The van der Waals surface area contributed by atoms with Crippen LogP contribution in [0.25, 0.3) is 0 Å². The number of benzene rings is 2. The SMILES string of the molecule is CCOc1ccc(NC(=O)c2ccc(S(=O)(=O)NC(C)(C)C)cc2)cc1F. The van der Waals surface area contributed by atoms with Crippen molar-refractivity contribution >= 4 is 21.6 Å². The standard InChI is InChI=1S/C19H23FN2O4S/c1-5-26-17-11-8-14(12-16(17)20)21-18(23)13-6-9-15(10-7-13)27(24,25)22-19(2,3)4/h6-12,22H,5H2,1-4H3,(H,21,23). The zero-order valence-corrected chi connectivity index (χ0v) is 16.5. The molecule has 0 saturated carbocycles. The maximum atomic E-state index is 13.9. The highest BCUT2D eigenvalue weighted by Gasteiger charge is 2.22. The number of sulfonamides is 1. The molecule has 0 aliphatic rings. The van der Waals surface area contributed by atoms with E-state index in [2.05, 4.69) is 10.0 Å². The van der Waals surface area contributed by atoms with E-state index in [9.17, 15) is 17.6 Å². The van der Waals surface area contributed by atoms with E-state index >= 15 is 0 Å². The number of hydrogen-bond acceptors (Lipinski definition) is 4. The summed E-state index contributed by atoms with van der Waals surface area (Å²) in [5.41, 5.74) is -0.0990. The minimum atomic E-state index is -3.68. The molecule has 0 fully saturated rings. The number of halogens is 1. The summed E-state index contributed by atoms with van der Waals surface area (Å²) < 4.78 is 46.1. The molecule has 0 heterocycles. The van der Waals surface area contributed by atoms with Crippen LogP contribution in [0.4, 0.5) is 10.1 Å². The summed E-state index contributed by atoms with van der Waals surface area (Å²) >= 11 is 0. The van der Waals surface area contributed by atoms with Crippen LogP contribution in [0.3, 0.4) is 0 Å². The molecule has 0 saturated heterocycles. The van der Waals surface area contributed by atoms with Crippen molar-refractivity contribution in [2.45, 2.75) is 38.1 Å². The lowest BCUT2D eigenvalue weighted by Crippen LogP contribution is -2.40. The third-order valence-corrected chi connectivity index (χ3v) is 5.13. The van der Waals surface area contributed by atoms with Gasteiger partial charge in [0.2, 0.25) is 10.0 Å². The second kappa shape index (κ2) is 8.06. The average Bonchev–Trinajstić information content (AvgIpc) is 2.55. The molecule has 27 heavy (non-hydrogen) atoms. The molecule has 2 aromatic rings. The Kier molecular flexibility index (Phi) is 6.22. The lowest BCUT2D eigenvalue weighted by molar-refractivity contribution is 0.102.